The number of hydrogen-bond donors (Lipinski definition) is 1. The summed E-state index contributed by atoms with van der Waals surface area (Å²) in [4.78, 5) is 7.63. The van der Waals surface area contributed by atoms with Gasteiger partial charge in [-0.2, -0.15) is 0 Å². The lowest BCUT2D eigenvalue weighted by atomic mass is 10.1. The fourth-order valence-electron chi connectivity index (χ4n) is 1.63. The largest absolute Gasteiger partial charge is 0.351 e. The van der Waals surface area contributed by atoms with Crippen molar-refractivity contribution < 1.29 is 8.78 Å². The van der Waals surface area contributed by atoms with Gasteiger partial charge in [-0.05, 0) is 31.0 Å². The summed E-state index contributed by atoms with van der Waals surface area (Å²) in [5.74, 6) is -0.334. The van der Waals surface area contributed by atoms with E-state index in [1.54, 1.807) is 12.1 Å². The average molecular weight is 249 g/mol. The van der Waals surface area contributed by atoms with Gasteiger partial charge in [0.2, 0.25) is 5.95 Å². The molecule has 1 N–H and O–H groups in total. The smallest absolute Gasteiger partial charge is 0.222 e. The van der Waals surface area contributed by atoms with Gasteiger partial charge in [0.15, 0.2) is 5.82 Å². The minimum Gasteiger partial charge on any atom is -0.351 e. The van der Waals surface area contributed by atoms with Crippen LogP contribution in [0.3, 0.4) is 0 Å². The minimum absolute atomic E-state index is 0.0703. The Morgan fingerprint density at radius 2 is 1.67 bits per heavy atom. The van der Waals surface area contributed by atoms with Gasteiger partial charge < -0.3 is 5.32 Å². The predicted molar refractivity (Wildman–Crippen MR) is 65.2 cm³/mol. The van der Waals surface area contributed by atoms with Gasteiger partial charge >= 0.3 is 0 Å². The van der Waals surface area contributed by atoms with E-state index >= 15 is 0 Å². The summed E-state index contributed by atoms with van der Waals surface area (Å²) < 4.78 is 25.4. The van der Waals surface area contributed by atoms with Gasteiger partial charge in [0.1, 0.15) is 5.82 Å². The molecule has 2 aromatic rings. The SMILES string of the molecule is CC(Cc1ccc(F)cc1)Nc1ncc(F)cn1. The minimum atomic E-state index is -0.466. The Hall–Kier alpha value is -2.04. The maximum atomic E-state index is 12.7. The van der Waals surface area contributed by atoms with Gasteiger partial charge in [-0.25, -0.2) is 18.7 Å². The van der Waals surface area contributed by atoms with E-state index in [2.05, 4.69) is 15.3 Å². The molecule has 0 aliphatic rings. The normalized spacial score (nSPS) is 12.2. The molecule has 3 nitrogen and oxygen atoms in total. The Morgan fingerprint density at radius 1 is 1.06 bits per heavy atom. The molecule has 0 bridgehead atoms. The predicted octanol–water partition coefficient (Wildman–Crippen LogP) is 2.80. The molecule has 2 rings (SSSR count). The summed E-state index contributed by atoms with van der Waals surface area (Å²) in [6.07, 6.45) is 2.93. The number of nitrogens with zero attached hydrogens (tertiary/aromatic N) is 2. The molecule has 18 heavy (non-hydrogen) atoms. The van der Waals surface area contributed by atoms with Crippen molar-refractivity contribution in [1.82, 2.24) is 9.97 Å². The molecule has 0 aliphatic carbocycles. The molecule has 0 saturated carbocycles. The molecule has 0 radical (unpaired) electrons. The van der Waals surface area contributed by atoms with Crippen LogP contribution < -0.4 is 5.32 Å². The third-order valence-corrected chi connectivity index (χ3v) is 2.45. The summed E-state index contributed by atoms with van der Waals surface area (Å²) in [6, 6.07) is 6.39. The molecule has 0 spiro atoms. The first-order valence-electron chi connectivity index (χ1n) is 5.62. The molecule has 1 heterocycles. The van der Waals surface area contributed by atoms with Crippen molar-refractivity contribution in [2.45, 2.75) is 19.4 Å². The molecule has 1 atom stereocenters. The van der Waals surface area contributed by atoms with Crippen LogP contribution in [-0.4, -0.2) is 16.0 Å². The number of aromatic nitrogens is 2. The molecular formula is C13H13F2N3. The van der Waals surface area contributed by atoms with Crippen molar-refractivity contribution in [2.75, 3.05) is 5.32 Å². The lowest BCUT2D eigenvalue weighted by Gasteiger charge is -2.13. The van der Waals surface area contributed by atoms with Crippen LogP contribution in [0.5, 0.6) is 0 Å². The second kappa shape index (κ2) is 5.53. The lowest BCUT2D eigenvalue weighted by molar-refractivity contribution is 0.613. The van der Waals surface area contributed by atoms with Crippen molar-refractivity contribution in [2.24, 2.45) is 0 Å². The van der Waals surface area contributed by atoms with E-state index in [0.717, 1.165) is 18.0 Å². The Bertz CT molecular complexity index is 449. The highest BCUT2D eigenvalue weighted by Crippen LogP contribution is 2.08. The van der Waals surface area contributed by atoms with E-state index in [0.29, 0.717) is 12.4 Å². The van der Waals surface area contributed by atoms with E-state index in [-0.39, 0.29) is 11.9 Å². The molecule has 0 amide bonds. The first kappa shape index (κ1) is 12.4. The van der Waals surface area contributed by atoms with Gasteiger partial charge in [0, 0.05) is 6.04 Å². The van der Waals surface area contributed by atoms with Gasteiger partial charge in [-0.3, -0.25) is 0 Å². The average Bonchev–Trinajstić information content (AvgIpc) is 2.35. The van der Waals surface area contributed by atoms with Crippen LogP contribution in [0, 0.1) is 11.6 Å². The fraction of sp³-hybridized carbons (Fsp3) is 0.231. The number of hydrogen-bond acceptors (Lipinski definition) is 3. The van der Waals surface area contributed by atoms with Crippen LogP contribution in [0.2, 0.25) is 0 Å². The molecule has 0 saturated heterocycles. The maximum Gasteiger partial charge on any atom is 0.222 e. The Balaban J connectivity index is 1.94. The summed E-state index contributed by atoms with van der Waals surface area (Å²) >= 11 is 0. The lowest BCUT2D eigenvalue weighted by Crippen LogP contribution is -2.19. The summed E-state index contributed by atoms with van der Waals surface area (Å²) in [7, 11) is 0. The number of anilines is 1. The van der Waals surface area contributed by atoms with Crippen LogP contribution in [0.1, 0.15) is 12.5 Å². The standard InChI is InChI=1S/C13H13F2N3/c1-9(6-10-2-4-11(14)5-3-10)18-13-16-7-12(15)8-17-13/h2-5,7-9H,6H2,1H3,(H,16,17,18). The first-order valence-corrected chi connectivity index (χ1v) is 5.62. The van der Waals surface area contributed by atoms with Crippen molar-refractivity contribution >= 4 is 5.95 Å². The van der Waals surface area contributed by atoms with E-state index in [9.17, 15) is 8.78 Å². The molecule has 1 aromatic carbocycles. The quantitative estimate of drug-likeness (QED) is 0.905. The van der Waals surface area contributed by atoms with Gasteiger partial charge in [-0.15, -0.1) is 0 Å². The summed E-state index contributed by atoms with van der Waals surface area (Å²) in [6.45, 7) is 1.95. The second-order valence-electron chi connectivity index (χ2n) is 4.10. The zero-order valence-electron chi connectivity index (χ0n) is 9.90. The van der Waals surface area contributed by atoms with Crippen molar-refractivity contribution in [3.8, 4) is 0 Å². The van der Waals surface area contributed by atoms with Gasteiger partial charge in [0.05, 0.1) is 12.4 Å². The third-order valence-electron chi connectivity index (χ3n) is 2.45. The van der Waals surface area contributed by atoms with Crippen molar-refractivity contribution in [3.05, 3.63) is 53.9 Å². The number of halogens is 2. The first-order chi connectivity index (χ1) is 8.63. The second-order valence-corrected chi connectivity index (χ2v) is 4.10. The van der Waals surface area contributed by atoms with Crippen LogP contribution in [-0.2, 0) is 6.42 Å². The molecule has 0 fully saturated rings. The maximum absolute atomic E-state index is 12.7. The Kier molecular flexibility index (Phi) is 3.82. The molecule has 94 valence electrons. The highest BCUT2D eigenvalue weighted by atomic mass is 19.1. The number of nitrogens with one attached hydrogen (secondary N) is 1. The van der Waals surface area contributed by atoms with Gasteiger partial charge in [0.25, 0.3) is 0 Å². The monoisotopic (exact) mass is 249 g/mol. The number of rotatable bonds is 4. The van der Waals surface area contributed by atoms with Crippen LogP contribution >= 0.6 is 0 Å². The highest BCUT2D eigenvalue weighted by Gasteiger charge is 2.05. The van der Waals surface area contributed by atoms with Crippen molar-refractivity contribution in [1.29, 1.82) is 0 Å². The number of benzene rings is 1. The summed E-state index contributed by atoms with van der Waals surface area (Å²) in [5, 5.41) is 3.05. The van der Waals surface area contributed by atoms with Crippen molar-refractivity contribution in [3.63, 3.8) is 0 Å². The molecule has 1 unspecified atom stereocenters. The van der Waals surface area contributed by atoms with E-state index in [1.807, 2.05) is 6.92 Å². The van der Waals surface area contributed by atoms with Crippen LogP contribution in [0.15, 0.2) is 36.7 Å². The Labute approximate surface area is 104 Å². The van der Waals surface area contributed by atoms with E-state index < -0.39 is 5.82 Å². The van der Waals surface area contributed by atoms with Gasteiger partial charge in [-0.1, -0.05) is 12.1 Å². The molecular weight excluding hydrogens is 236 g/mol. The topological polar surface area (TPSA) is 37.8 Å². The summed E-state index contributed by atoms with van der Waals surface area (Å²) in [5.41, 5.74) is 1.01. The van der Waals surface area contributed by atoms with Crippen LogP contribution in [0.4, 0.5) is 14.7 Å². The fourth-order valence-corrected chi connectivity index (χ4v) is 1.63. The molecule has 1 aromatic heterocycles. The molecule has 0 aliphatic heterocycles. The zero-order chi connectivity index (χ0) is 13.0. The third kappa shape index (κ3) is 3.48. The van der Waals surface area contributed by atoms with E-state index in [1.165, 1.54) is 12.1 Å². The van der Waals surface area contributed by atoms with E-state index in [4.69, 9.17) is 0 Å². The molecule has 5 heteroatoms. The highest BCUT2D eigenvalue weighted by molar-refractivity contribution is 5.26. The zero-order valence-corrected chi connectivity index (χ0v) is 9.90. The van der Waals surface area contributed by atoms with Crippen LogP contribution in [0.25, 0.3) is 0 Å². The Morgan fingerprint density at radius 3 is 2.28 bits per heavy atom.